The Morgan fingerprint density at radius 1 is 1.41 bits per heavy atom. The second kappa shape index (κ2) is 5.60. The van der Waals surface area contributed by atoms with Crippen molar-refractivity contribution in [3.8, 4) is 0 Å². The first kappa shape index (κ1) is 12.5. The molecule has 2 heterocycles. The van der Waals surface area contributed by atoms with Crippen LogP contribution in [0.3, 0.4) is 0 Å². The van der Waals surface area contributed by atoms with E-state index in [0.717, 1.165) is 43.4 Å². The molecule has 1 aliphatic heterocycles. The van der Waals surface area contributed by atoms with Gasteiger partial charge in [0.15, 0.2) is 0 Å². The highest BCUT2D eigenvalue weighted by atomic mass is 32.1. The molecular formula is C12H19N3OS. The summed E-state index contributed by atoms with van der Waals surface area (Å²) >= 11 is 1.58. The lowest BCUT2D eigenvalue weighted by molar-refractivity contribution is -0.132. The largest absolute Gasteiger partial charge is 0.340 e. The molecule has 1 fully saturated rings. The molecule has 0 radical (unpaired) electrons. The van der Waals surface area contributed by atoms with Crippen LogP contribution in [0.25, 0.3) is 0 Å². The van der Waals surface area contributed by atoms with Crippen LogP contribution in [0.4, 0.5) is 0 Å². The number of rotatable bonds is 3. The maximum absolute atomic E-state index is 12.0. The van der Waals surface area contributed by atoms with Gasteiger partial charge in [0.2, 0.25) is 5.91 Å². The molecule has 1 aliphatic rings. The average molecular weight is 253 g/mol. The summed E-state index contributed by atoms with van der Waals surface area (Å²) in [5.41, 5.74) is 1.01. The maximum atomic E-state index is 12.0. The summed E-state index contributed by atoms with van der Waals surface area (Å²) in [6.45, 7) is 8.92. The van der Waals surface area contributed by atoms with E-state index in [-0.39, 0.29) is 5.91 Å². The standard InChI is InChI=1S/C12H19N3OS/c1-3-14-4-6-15(7-5-14)12(16)8-11-13-10(2)9-17-11/h9H,3-8H2,1-2H3. The van der Waals surface area contributed by atoms with Crippen molar-refractivity contribution in [3.05, 3.63) is 16.1 Å². The number of carbonyl (C=O) groups excluding carboxylic acids is 1. The molecule has 1 aromatic rings. The summed E-state index contributed by atoms with van der Waals surface area (Å²) in [5, 5.41) is 2.93. The van der Waals surface area contributed by atoms with Crippen LogP contribution in [0.15, 0.2) is 5.38 Å². The maximum Gasteiger partial charge on any atom is 0.229 e. The Labute approximate surface area is 106 Å². The van der Waals surface area contributed by atoms with Gasteiger partial charge in [-0.1, -0.05) is 6.92 Å². The third-order valence-electron chi connectivity index (χ3n) is 3.14. The zero-order valence-electron chi connectivity index (χ0n) is 10.5. The summed E-state index contributed by atoms with van der Waals surface area (Å²) in [5.74, 6) is 0.218. The minimum atomic E-state index is 0.218. The van der Waals surface area contributed by atoms with Crippen LogP contribution in [-0.2, 0) is 11.2 Å². The summed E-state index contributed by atoms with van der Waals surface area (Å²) in [4.78, 5) is 20.7. The van der Waals surface area contributed by atoms with Crippen molar-refractivity contribution in [3.63, 3.8) is 0 Å². The van der Waals surface area contributed by atoms with Gasteiger partial charge in [0.25, 0.3) is 0 Å². The Bertz CT molecular complexity index is 383. The highest BCUT2D eigenvalue weighted by Gasteiger charge is 2.20. The minimum Gasteiger partial charge on any atom is -0.340 e. The highest BCUT2D eigenvalue weighted by Crippen LogP contribution is 2.11. The van der Waals surface area contributed by atoms with Crippen molar-refractivity contribution in [2.75, 3.05) is 32.7 Å². The summed E-state index contributed by atoms with van der Waals surface area (Å²) < 4.78 is 0. The van der Waals surface area contributed by atoms with Gasteiger partial charge in [-0.3, -0.25) is 4.79 Å². The quantitative estimate of drug-likeness (QED) is 0.811. The Balaban J connectivity index is 1.85. The second-order valence-electron chi connectivity index (χ2n) is 4.37. The van der Waals surface area contributed by atoms with Crippen LogP contribution in [0.5, 0.6) is 0 Å². The molecule has 1 aromatic heterocycles. The van der Waals surface area contributed by atoms with E-state index in [1.807, 2.05) is 17.2 Å². The smallest absolute Gasteiger partial charge is 0.229 e. The van der Waals surface area contributed by atoms with Gasteiger partial charge in [-0.05, 0) is 13.5 Å². The fourth-order valence-corrected chi connectivity index (χ4v) is 2.80. The number of carbonyl (C=O) groups is 1. The lowest BCUT2D eigenvalue weighted by atomic mass is 10.3. The number of nitrogens with zero attached hydrogens (tertiary/aromatic N) is 3. The third kappa shape index (κ3) is 3.26. The average Bonchev–Trinajstić information content (AvgIpc) is 2.75. The molecule has 0 atom stereocenters. The van der Waals surface area contributed by atoms with E-state index in [0.29, 0.717) is 6.42 Å². The molecule has 0 saturated carbocycles. The minimum absolute atomic E-state index is 0.218. The van der Waals surface area contributed by atoms with Gasteiger partial charge in [0, 0.05) is 37.3 Å². The molecule has 1 amide bonds. The first-order valence-corrected chi connectivity index (χ1v) is 6.98. The molecule has 2 rings (SSSR count). The van der Waals surface area contributed by atoms with Crippen molar-refractivity contribution in [2.45, 2.75) is 20.3 Å². The predicted octanol–water partition coefficient (Wildman–Crippen LogP) is 1.16. The number of aromatic nitrogens is 1. The molecule has 4 nitrogen and oxygen atoms in total. The zero-order chi connectivity index (χ0) is 12.3. The predicted molar refractivity (Wildman–Crippen MR) is 69.2 cm³/mol. The van der Waals surface area contributed by atoms with Crippen LogP contribution >= 0.6 is 11.3 Å². The Morgan fingerprint density at radius 3 is 2.65 bits per heavy atom. The van der Waals surface area contributed by atoms with E-state index in [1.54, 1.807) is 11.3 Å². The number of piperazine rings is 1. The van der Waals surface area contributed by atoms with E-state index in [9.17, 15) is 4.79 Å². The molecule has 1 saturated heterocycles. The number of aryl methyl sites for hydroxylation is 1. The molecule has 0 aliphatic carbocycles. The summed E-state index contributed by atoms with van der Waals surface area (Å²) in [6, 6.07) is 0. The summed E-state index contributed by atoms with van der Waals surface area (Å²) in [6.07, 6.45) is 0.463. The molecule has 5 heteroatoms. The molecule has 0 bridgehead atoms. The van der Waals surface area contributed by atoms with E-state index in [2.05, 4.69) is 16.8 Å². The number of amides is 1. The van der Waals surface area contributed by atoms with Gasteiger partial charge in [-0.15, -0.1) is 11.3 Å². The number of thiazole rings is 1. The molecular weight excluding hydrogens is 234 g/mol. The molecule has 0 spiro atoms. The van der Waals surface area contributed by atoms with Gasteiger partial charge < -0.3 is 9.80 Å². The number of hydrogen-bond donors (Lipinski definition) is 0. The van der Waals surface area contributed by atoms with Crippen molar-refractivity contribution >= 4 is 17.2 Å². The van der Waals surface area contributed by atoms with Gasteiger partial charge in [-0.25, -0.2) is 4.98 Å². The first-order valence-electron chi connectivity index (χ1n) is 6.10. The molecule has 17 heavy (non-hydrogen) atoms. The number of hydrogen-bond acceptors (Lipinski definition) is 4. The van der Waals surface area contributed by atoms with Crippen LogP contribution in [0.2, 0.25) is 0 Å². The van der Waals surface area contributed by atoms with Crippen LogP contribution in [0.1, 0.15) is 17.6 Å². The van der Waals surface area contributed by atoms with Gasteiger partial charge in [0.1, 0.15) is 5.01 Å². The first-order chi connectivity index (χ1) is 8.19. The van der Waals surface area contributed by atoms with Crippen LogP contribution in [0, 0.1) is 6.92 Å². The van der Waals surface area contributed by atoms with Gasteiger partial charge in [0.05, 0.1) is 6.42 Å². The third-order valence-corrected chi connectivity index (χ3v) is 4.11. The fraction of sp³-hybridized carbons (Fsp3) is 0.667. The monoisotopic (exact) mass is 253 g/mol. The number of likely N-dealkylation sites (N-methyl/N-ethyl adjacent to an activating group) is 1. The van der Waals surface area contributed by atoms with Crippen molar-refractivity contribution in [1.29, 1.82) is 0 Å². The topological polar surface area (TPSA) is 36.4 Å². The molecule has 0 N–H and O–H groups in total. The summed E-state index contributed by atoms with van der Waals surface area (Å²) in [7, 11) is 0. The van der Waals surface area contributed by atoms with Gasteiger partial charge >= 0.3 is 0 Å². The van der Waals surface area contributed by atoms with E-state index in [4.69, 9.17) is 0 Å². The lowest BCUT2D eigenvalue weighted by Crippen LogP contribution is -2.48. The fourth-order valence-electron chi connectivity index (χ4n) is 2.04. The van der Waals surface area contributed by atoms with E-state index >= 15 is 0 Å². The second-order valence-corrected chi connectivity index (χ2v) is 5.32. The highest BCUT2D eigenvalue weighted by molar-refractivity contribution is 7.09. The van der Waals surface area contributed by atoms with E-state index in [1.165, 1.54) is 0 Å². The normalized spacial score (nSPS) is 17.4. The molecule has 94 valence electrons. The van der Waals surface area contributed by atoms with Crippen molar-refractivity contribution < 1.29 is 4.79 Å². The van der Waals surface area contributed by atoms with Crippen molar-refractivity contribution in [2.24, 2.45) is 0 Å². The van der Waals surface area contributed by atoms with Gasteiger partial charge in [-0.2, -0.15) is 0 Å². The Morgan fingerprint density at radius 2 is 2.12 bits per heavy atom. The Kier molecular flexibility index (Phi) is 4.12. The zero-order valence-corrected chi connectivity index (χ0v) is 11.3. The van der Waals surface area contributed by atoms with E-state index < -0.39 is 0 Å². The van der Waals surface area contributed by atoms with Crippen molar-refractivity contribution in [1.82, 2.24) is 14.8 Å². The van der Waals surface area contributed by atoms with Crippen LogP contribution in [-0.4, -0.2) is 53.4 Å². The van der Waals surface area contributed by atoms with Crippen LogP contribution < -0.4 is 0 Å². The molecule has 0 unspecified atom stereocenters. The Hall–Kier alpha value is -0.940. The SMILES string of the molecule is CCN1CCN(C(=O)Cc2nc(C)cs2)CC1. The lowest BCUT2D eigenvalue weighted by Gasteiger charge is -2.33. The molecule has 0 aromatic carbocycles.